The molecule has 1 amide bonds. The van der Waals surface area contributed by atoms with Crippen molar-refractivity contribution < 1.29 is 27.1 Å². The summed E-state index contributed by atoms with van der Waals surface area (Å²) in [5.74, 6) is -1.69. The van der Waals surface area contributed by atoms with Gasteiger partial charge in [0.25, 0.3) is 5.91 Å². The van der Waals surface area contributed by atoms with Gasteiger partial charge in [-0.3, -0.25) is 4.79 Å². The first kappa shape index (κ1) is 15.8. The van der Waals surface area contributed by atoms with Gasteiger partial charge in [0.05, 0.1) is 17.2 Å². The number of hydrogen-bond acceptors (Lipinski definition) is 2. The van der Waals surface area contributed by atoms with Gasteiger partial charge in [-0.1, -0.05) is 0 Å². The Kier molecular flexibility index (Phi) is 4.51. The highest BCUT2D eigenvalue weighted by atomic mass is 19.4. The fraction of sp³-hybridized carbons (Fsp3) is 0.500. The highest BCUT2D eigenvalue weighted by Gasteiger charge is 2.33. The lowest BCUT2D eigenvalue weighted by Gasteiger charge is -2.22. The van der Waals surface area contributed by atoms with Crippen LogP contribution in [-0.4, -0.2) is 36.6 Å². The summed E-state index contributed by atoms with van der Waals surface area (Å²) in [6.07, 6.45) is -4.28. The second-order valence-corrected chi connectivity index (χ2v) is 4.98. The molecule has 1 unspecified atom stereocenters. The summed E-state index contributed by atoms with van der Waals surface area (Å²) in [5.41, 5.74) is -1.59. The summed E-state index contributed by atoms with van der Waals surface area (Å²) >= 11 is 0. The Morgan fingerprint density at radius 3 is 2.76 bits per heavy atom. The van der Waals surface area contributed by atoms with Crippen molar-refractivity contribution in [3.8, 4) is 0 Å². The SMILES string of the molecule is CC1CN(C(=O)c2cc(C(F)(F)F)ccc2F)CCCO1. The summed E-state index contributed by atoms with van der Waals surface area (Å²) in [7, 11) is 0. The van der Waals surface area contributed by atoms with Crippen molar-refractivity contribution in [1.82, 2.24) is 4.90 Å². The minimum Gasteiger partial charge on any atom is -0.377 e. The molecule has 7 heteroatoms. The van der Waals surface area contributed by atoms with Crippen molar-refractivity contribution in [3.05, 3.63) is 35.1 Å². The van der Waals surface area contributed by atoms with E-state index in [1.807, 2.05) is 0 Å². The lowest BCUT2D eigenvalue weighted by molar-refractivity contribution is -0.137. The van der Waals surface area contributed by atoms with E-state index in [-0.39, 0.29) is 12.6 Å². The number of halogens is 4. The van der Waals surface area contributed by atoms with E-state index in [0.29, 0.717) is 37.8 Å². The monoisotopic (exact) mass is 305 g/mol. The average Bonchev–Trinajstić information content (AvgIpc) is 2.62. The summed E-state index contributed by atoms with van der Waals surface area (Å²) in [6.45, 7) is 2.79. The van der Waals surface area contributed by atoms with Crippen LogP contribution in [0.5, 0.6) is 0 Å². The molecule has 0 N–H and O–H groups in total. The molecule has 2 rings (SSSR count). The van der Waals surface area contributed by atoms with E-state index in [0.717, 1.165) is 0 Å². The molecule has 1 aromatic rings. The fourth-order valence-corrected chi connectivity index (χ4v) is 2.21. The van der Waals surface area contributed by atoms with Crippen LogP contribution in [-0.2, 0) is 10.9 Å². The van der Waals surface area contributed by atoms with Crippen LogP contribution in [0.25, 0.3) is 0 Å². The summed E-state index contributed by atoms with van der Waals surface area (Å²) in [4.78, 5) is 13.6. The average molecular weight is 305 g/mol. The Balaban J connectivity index is 2.29. The second kappa shape index (κ2) is 6.01. The Bertz CT molecular complexity index is 530. The fourth-order valence-electron chi connectivity index (χ4n) is 2.21. The molecule has 21 heavy (non-hydrogen) atoms. The normalized spacial score (nSPS) is 20.2. The van der Waals surface area contributed by atoms with Crippen molar-refractivity contribution in [2.45, 2.75) is 25.6 Å². The molecule has 0 aliphatic carbocycles. The number of benzene rings is 1. The Morgan fingerprint density at radius 2 is 2.10 bits per heavy atom. The van der Waals surface area contributed by atoms with E-state index in [1.165, 1.54) is 4.90 Å². The van der Waals surface area contributed by atoms with Crippen LogP contribution in [0.1, 0.15) is 29.3 Å². The van der Waals surface area contributed by atoms with Gasteiger partial charge in [0.2, 0.25) is 0 Å². The van der Waals surface area contributed by atoms with Crippen LogP contribution in [0.15, 0.2) is 18.2 Å². The second-order valence-electron chi connectivity index (χ2n) is 4.98. The van der Waals surface area contributed by atoms with Gasteiger partial charge in [-0.25, -0.2) is 4.39 Å². The predicted octanol–water partition coefficient (Wildman–Crippen LogP) is 3.10. The number of carbonyl (C=O) groups excluding carboxylic acids is 1. The molecule has 0 radical (unpaired) electrons. The smallest absolute Gasteiger partial charge is 0.377 e. The molecule has 1 aliphatic rings. The molecule has 0 aromatic heterocycles. The highest BCUT2D eigenvalue weighted by Crippen LogP contribution is 2.30. The molecule has 1 saturated heterocycles. The van der Waals surface area contributed by atoms with Gasteiger partial charge >= 0.3 is 6.18 Å². The Morgan fingerprint density at radius 1 is 1.38 bits per heavy atom. The zero-order valence-electron chi connectivity index (χ0n) is 11.4. The highest BCUT2D eigenvalue weighted by molar-refractivity contribution is 5.94. The molecule has 116 valence electrons. The molecular formula is C14H15F4NO2. The number of hydrogen-bond donors (Lipinski definition) is 0. The van der Waals surface area contributed by atoms with E-state index < -0.39 is 29.0 Å². The largest absolute Gasteiger partial charge is 0.416 e. The first-order valence-corrected chi connectivity index (χ1v) is 6.56. The number of rotatable bonds is 1. The van der Waals surface area contributed by atoms with Crippen molar-refractivity contribution in [2.75, 3.05) is 19.7 Å². The van der Waals surface area contributed by atoms with Gasteiger partial charge in [0.15, 0.2) is 0 Å². The maximum atomic E-state index is 13.7. The number of alkyl halides is 3. The van der Waals surface area contributed by atoms with Crippen LogP contribution in [0.4, 0.5) is 17.6 Å². The van der Waals surface area contributed by atoms with E-state index >= 15 is 0 Å². The number of carbonyl (C=O) groups is 1. The van der Waals surface area contributed by atoms with E-state index in [9.17, 15) is 22.4 Å². The third kappa shape index (κ3) is 3.72. The van der Waals surface area contributed by atoms with Crippen LogP contribution in [0.3, 0.4) is 0 Å². The van der Waals surface area contributed by atoms with Gasteiger partial charge in [-0.2, -0.15) is 13.2 Å². The zero-order chi connectivity index (χ0) is 15.6. The standard InChI is InChI=1S/C14H15F4NO2/c1-9-8-19(5-2-6-21-9)13(20)11-7-10(14(16,17)18)3-4-12(11)15/h3-4,7,9H,2,5-6,8H2,1H3. The molecule has 0 bridgehead atoms. The quantitative estimate of drug-likeness (QED) is 0.746. The molecule has 0 spiro atoms. The third-order valence-corrected chi connectivity index (χ3v) is 3.26. The van der Waals surface area contributed by atoms with E-state index in [1.54, 1.807) is 6.92 Å². The molecule has 1 atom stereocenters. The number of amides is 1. The lowest BCUT2D eigenvalue weighted by atomic mass is 10.1. The van der Waals surface area contributed by atoms with Gasteiger partial charge < -0.3 is 9.64 Å². The molecule has 3 nitrogen and oxygen atoms in total. The zero-order valence-corrected chi connectivity index (χ0v) is 11.4. The van der Waals surface area contributed by atoms with Crippen LogP contribution >= 0.6 is 0 Å². The number of nitrogens with zero attached hydrogens (tertiary/aromatic N) is 1. The molecule has 1 aromatic carbocycles. The Hall–Kier alpha value is -1.63. The topological polar surface area (TPSA) is 29.5 Å². The first-order valence-electron chi connectivity index (χ1n) is 6.56. The minimum absolute atomic E-state index is 0.231. The van der Waals surface area contributed by atoms with Crippen molar-refractivity contribution >= 4 is 5.91 Å². The summed E-state index contributed by atoms with van der Waals surface area (Å²) < 4.78 is 57.1. The van der Waals surface area contributed by atoms with Crippen molar-refractivity contribution in [1.29, 1.82) is 0 Å². The van der Waals surface area contributed by atoms with Crippen molar-refractivity contribution in [3.63, 3.8) is 0 Å². The molecule has 1 aliphatic heterocycles. The first-order chi connectivity index (χ1) is 9.79. The minimum atomic E-state index is -4.61. The van der Waals surface area contributed by atoms with E-state index in [4.69, 9.17) is 4.74 Å². The molecule has 0 saturated carbocycles. The molecular weight excluding hydrogens is 290 g/mol. The predicted molar refractivity (Wildman–Crippen MR) is 67.3 cm³/mol. The third-order valence-electron chi connectivity index (χ3n) is 3.26. The Labute approximate surface area is 119 Å². The van der Waals surface area contributed by atoms with Gasteiger partial charge in [0, 0.05) is 19.7 Å². The van der Waals surface area contributed by atoms with Crippen LogP contribution in [0.2, 0.25) is 0 Å². The number of ether oxygens (including phenoxy) is 1. The molecule has 1 heterocycles. The van der Waals surface area contributed by atoms with Crippen LogP contribution < -0.4 is 0 Å². The van der Waals surface area contributed by atoms with Gasteiger partial charge in [0.1, 0.15) is 5.82 Å². The van der Waals surface area contributed by atoms with E-state index in [2.05, 4.69) is 0 Å². The maximum absolute atomic E-state index is 13.7. The van der Waals surface area contributed by atoms with Gasteiger partial charge in [-0.05, 0) is 31.5 Å². The van der Waals surface area contributed by atoms with Crippen molar-refractivity contribution in [2.24, 2.45) is 0 Å². The lowest BCUT2D eigenvalue weighted by Crippen LogP contribution is -2.36. The summed E-state index contributed by atoms with van der Waals surface area (Å²) in [6, 6.07) is 1.86. The van der Waals surface area contributed by atoms with Gasteiger partial charge in [-0.15, -0.1) is 0 Å². The summed E-state index contributed by atoms with van der Waals surface area (Å²) in [5, 5.41) is 0. The molecule has 1 fully saturated rings. The van der Waals surface area contributed by atoms with Crippen LogP contribution in [0, 0.1) is 5.82 Å². The maximum Gasteiger partial charge on any atom is 0.416 e.